The third kappa shape index (κ3) is 2.40. The molecule has 0 spiro atoms. The summed E-state index contributed by atoms with van der Waals surface area (Å²) in [4.78, 5) is 12.8. The standard InChI is InChI=1S/C12H14FNO.CH4/c1-8(15)14(2)12-6-5-10(13)7-11(12)9-3-4-9;/h5-7,9H,3-4H2,1-2H3;1H4. The van der Waals surface area contributed by atoms with E-state index in [1.165, 1.54) is 13.0 Å². The second kappa shape index (κ2) is 4.64. The quantitative estimate of drug-likeness (QED) is 0.753. The number of anilines is 1. The van der Waals surface area contributed by atoms with E-state index in [4.69, 9.17) is 0 Å². The molecular formula is C13H18FNO. The summed E-state index contributed by atoms with van der Waals surface area (Å²) in [6.45, 7) is 1.51. The van der Waals surface area contributed by atoms with Crippen molar-refractivity contribution in [3.63, 3.8) is 0 Å². The highest BCUT2D eigenvalue weighted by molar-refractivity contribution is 5.91. The maximum Gasteiger partial charge on any atom is 0.223 e. The maximum absolute atomic E-state index is 13.1. The highest BCUT2D eigenvalue weighted by Crippen LogP contribution is 2.44. The number of hydrogen-bond donors (Lipinski definition) is 0. The van der Waals surface area contributed by atoms with E-state index in [1.54, 1.807) is 24.1 Å². The summed E-state index contributed by atoms with van der Waals surface area (Å²) in [5, 5.41) is 0. The summed E-state index contributed by atoms with van der Waals surface area (Å²) in [5.74, 6) is 0.193. The number of nitrogens with zero attached hydrogens (tertiary/aromatic N) is 1. The largest absolute Gasteiger partial charge is 0.315 e. The van der Waals surface area contributed by atoms with Gasteiger partial charge in [-0.3, -0.25) is 4.79 Å². The molecule has 0 aromatic heterocycles. The van der Waals surface area contributed by atoms with Crippen LogP contribution in [0.3, 0.4) is 0 Å². The van der Waals surface area contributed by atoms with Gasteiger partial charge in [-0.2, -0.15) is 0 Å². The molecule has 1 aromatic rings. The predicted octanol–water partition coefficient (Wildman–Crippen LogP) is 3.32. The first-order chi connectivity index (χ1) is 7.09. The Kier molecular flexibility index (Phi) is 3.68. The minimum absolute atomic E-state index is 0. The summed E-state index contributed by atoms with van der Waals surface area (Å²) in [7, 11) is 1.72. The molecule has 1 amide bonds. The molecule has 0 unspecified atom stereocenters. The average Bonchev–Trinajstić information content (AvgIpc) is 2.99. The SMILES string of the molecule is C.CC(=O)N(C)c1ccc(F)cc1C1CC1. The minimum Gasteiger partial charge on any atom is -0.315 e. The van der Waals surface area contributed by atoms with Crippen LogP contribution in [-0.4, -0.2) is 13.0 Å². The average molecular weight is 223 g/mol. The van der Waals surface area contributed by atoms with Crippen LogP contribution in [0.1, 0.15) is 38.7 Å². The summed E-state index contributed by atoms with van der Waals surface area (Å²) >= 11 is 0. The van der Waals surface area contributed by atoms with Gasteiger partial charge in [-0.1, -0.05) is 7.43 Å². The number of carbonyl (C=O) groups excluding carboxylic acids is 1. The van der Waals surface area contributed by atoms with Gasteiger partial charge >= 0.3 is 0 Å². The van der Waals surface area contributed by atoms with Crippen LogP contribution in [0.15, 0.2) is 18.2 Å². The van der Waals surface area contributed by atoms with Crippen molar-refractivity contribution in [3.8, 4) is 0 Å². The number of amides is 1. The van der Waals surface area contributed by atoms with E-state index in [9.17, 15) is 9.18 Å². The minimum atomic E-state index is -0.224. The van der Waals surface area contributed by atoms with Gasteiger partial charge < -0.3 is 4.90 Å². The summed E-state index contributed by atoms with van der Waals surface area (Å²) in [6.07, 6.45) is 2.20. The number of benzene rings is 1. The van der Waals surface area contributed by atoms with Crippen LogP contribution in [0.2, 0.25) is 0 Å². The lowest BCUT2D eigenvalue weighted by molar-refractivity contribution is -0.116. The Morgan fingerprint density at radius 1 is 1.44 bits per heavy atom. The van der Waals surface area contributed by atoms with Gasteiger partial charge in [0.05, 0.1) is 0 Å². The molecule has 2 rings (SSSR count). The highest BCUT2D eigenvalue weighted by Gasteiger charge is 2.28. The molecule has 0 atom stereocenters. The zero-order valence-corrected chi connectivity index (χ0v) is 8.96. The summed E-state index contributed by atoms with van der Waals surface area (Å²) in [5.41, 5.74) is 1.80. The molecule has 0 heterocycles. The molecule has 0 aliphatic heterocycles. The Morgan fingerprint density at radius 2 is 2.06 bits per heavy atom. The Bertz CT molecular complexity index is 399. The van der Waals surface area contributed by atoms with E-state index in [2.05, 4.69) is 0 Å². The molecule has 0 radical (unpaired) electrons. The van der Waals surface area contributed by atoms with Crippen LogP contribution < -0.4 is 4.90 Å². The van der Waals surface area contributed by atoms with Crippen molar-refractivity contribution in [1.29, 1.82) is 0 Å². The fourth-order valence-electron chi connectivity index (χ4n) is 1.72. The Morgan fingerprint density at radius 3 is 2.56 bits per heavy atom. The van der Waals surface area contributed by atoms with E-state index >= 15 is 0 Å². The predicted molar refractivity (Wildman–Crippen MR) is 64.2 cm³/mol. The zero-order chi connectivity index (χ0) is 11.0. The third-order valence-electron chi connectivity index (χ3n) is 2.84. The van der Waals surface area contributed by atoms with Crippen LogP contribution in [0.4, 0.5) is 10.1 Å². The molecule has 3 heteroatoms. The number of carbonyl (C=O) groups is 1. The highest BCUT2D eigenvalue weighted by atomic mass is 19.1. The van der Waals surface area contributed by atoms with Crippen molar-refractivity contribution >= 4 is 11.6 Å². The molecule has 1 aliphatic rings. The molecule has 1 aromatic carbocycles. The van der Waals surface area contributed by atoms with Crippen LogP contribution in [-0.2, 0) is 4.79 Å². The Hall–Kier alpha value is -1.38. The van der Waals surface area contributed by atoms with Crippen molar-refractivity contribution in [2.24, 2.45) is 0 Å². The maximum atomic E-state index is 13.1. The van der Waals surface area contributed by atoms with Crippen molar-refractivity contribution in [2.75, 3.05) is 11.9 Å². The fourth-order valence-corrected chi connectivity index (χ4v) is 1.72. The molecule has 88 valence electrons. The molecule has 0 N–H and O–H groups in total. The van der Waals surface area contributed by atoms with Crippen LogP contribution >= 0.6 is 0 Å². The monoisotopic (exact) mass is 223 g/mol. The summed E-state index contributed by atoms with van der Waals surface area (Å²) < 4.78 is 13.1. The van der Waals surface area contributed by atoms with Crippen LogP contribution in [0, 0.1) is 5.82 Å². The fraction of sp³-hybridized carbons (Fsp3) is 0.462. The van der Waals surface area contributed by atoms with Crippen molar-refractivity contribution in [2.45, 2.75) is 33.1 Å². The number of hydrogen-bond acceptors (Lipinski definition) is 1. The molecule has 1 aliphatic carbocycles. The van der Waals surface area contributed by atoms with Gasteiger partial charge in [-0.15, -0.1) is 0 Å². The van der Waals surface area contributed by atoms with E-state index in [-0.39, 0.29) is 19.2 Å². The first kappa shape index (κ1) is 12.7. The molecule has 2 nitrogen and oxygen atoms in total. The lowest BCUT2D eigenvalue weighted by Crippen LogP contribution is -2.24. The summed E-state index contributed by atoms with van der Waals surface area (Å²) in [6, 6.07) is 4.64. The van der Waals surface area contributed by atoms with E-state index in [0.717, 1.165) is 24.1 Å². The Balaban J connectivity index is 0.00000128. The number of rotatable bonds is 2. The van der Waals surface area contributed by atoms with Crippen LogP contribution in [0.5, 0.6) is 0 Å². The first-order valence-electron chi connectivity index (χ1n) is 5.13. The lowest BCUT2D eigenvalue weighted by atomic mass is 10.1. The van der Waals surface area contributed by atoms with Crippen molar-refractivity contribution < 1.29 is 9.18 Å². The van der Waals surface area contributed by atoms with Gasteiger partial charge in [0.1, 0.15) is 5.82 Å². The normalized spacial score (nSPS) is 14.2. The molecule has 0 bridgehead atoms. The first-order valence-corrected chi connectivity index (χ1v) is 5.13. The second-order valence-corrected chi connectivity index (χ2v) is 4.06. The molecule has 1 fully saturated rings. The molecular weight excluding hydrogens is 205 g/mol. The molecule has 16 heavy (non-hydrogen) atoms. The number of halogens is 1. The van der Waals surface area contributed by atoms with E-state index in [0.29, 0.717) is 5.92 Å². The van der Waals surface area contributed by atoms with Crippen molar-refractivity contribution in [1.82, 2.24) is 0 Å². The lowest BCUT2D eigenvalue weighted by Gasteiger charge is -2.19. The van der Waals surface area contributed by atoms with Gasteiger partial charge in [0.15, 0.2) is 0 Å². The van der Waals surface area contributed by atoms with Gasteiger partial charge in [0.2, 0.25) is 5.91 Å². The molecule has 1 saturated carbocycles. The topological polar surface area (TPSA) is 20.3 Å². The van der Waals surface area contributed by atoms with E-state index < -0.39 is 0 Å². The molecule has 0 saturated heterocycles. The van der Waals surface area contributed by atoms with Crippen molar-refractivity contribution in [3.05, 3.63) is 29.6 Å². The smallest absolute Gasteiger partial charge is 0.223 e. The van der Waals surface area contributed by atoms with E-state index in [1.807, 2.05) is 0 Å². The third-order valence-corrected chi connectivity index (χ3v) is 2.84. The second-order valence-electron chi connectivity index (χ2n) is 4.06. The van der Waals surface area contributed by atoms with Crippen LogP contribution in [0.25, 0.3) is 0 Å². The van der Waals surface area contributed by atoms with Gasteiger partial charge in [0, 0.05) is 19.7 Å². The Labute approximate surface area is 96.1 Å². The van der Waals surface area contributed by atoms with Gasteiger partial charge in [0.25, 0.3) is 0 Å². The van der Waals surface area contributed by atoms with Gasteiger partial charge in [-0.05, 0) is 42.5 Å². The zero-order valence-electron chi connectivity index (χ0n) is 8.96. The van der Waals surface area contributed by atoms with Gasteiger partial charge in [-0.25, -0.2) is 4.39 Å².